The number of ether oxygens (including phenoxy) is 1. The van der Waals surface area contributed by atoms with Crippen molar-refractivity contribution in [2.75, 3.05) is 19.1 Å². The van der Waals surface area contributed by atoms with Gasteiger partial charge >= 0.3 is 5.97 Å². The number of carbonyl (C=O) groups is 1. The van der Waals surface area contributed by atoms with Crippen molar-refractivity contribution >= 4 is 11.7 Å². The van der Waals surface area contributed by atoms with Crippen molar-refractivity contribution < 1.29 is 9.53 Å². The molecule has 1 unspecified atom stereocenters. The second-order valence-electron chi connectivity index (χ2n) is 4.45. The Kier molecular flexibility index (Phi) is 5.87. The maximum absolute atomic E-state index is 11.8. The van der Waals surface area contributed by atoms with Crippen LogP contribution in [-0.4, -0.2) is 26.2 Å². The fourth-order valence-electron chi connectivity index (χ4n) is 1.95. The molecule has 1 rings (SSSR count). The molecule has 0 aliphatic carbocycles. The van der Waals surface area contributed by atoms with E-state index in [1.165, 1.54) is 7.11 Å². The third-order valence-electron chi connectivity index (χ3n) is 3.18. The number of hydrogen-bond donors (Lipinski definition) is 0. The van der Waals surface area contributed by atoms with E-state index in [1.807, 2.05) is 24.1 Å². The molecule has 4 nitrogen and oxygen atoms in total. The van der Waals surface area contributed by atoms with Gasteiger partial charge in [0, 0.05) is 12.7 Å². The van der Waals surface area contributed by atoms with Crippen molar-refractivity contribution in [2.45, 2.75) is 32.2 Å². The molecule has 1 atom stereocenters. The summed E-state index contributed by atoms with van der Waals surface area (Å²) in [4.78, 5) is 13.7. The number of anilines is 1. The van der Waals surface area contributed by atoms with Crippen molar-refractivity contribution in [3.8, 4) is 6.07 Å². The lowest BCUT2D eigenvalue weighted by molar-refractivity contribution is -0.142. The Morgan fingerprint density at radius 2 is 2.05 bits per heavy atom. The van der Waals surface area contributed by atoms with Crippen LogP contribution in [0.1, 0.15) is 31.7 Å². The zero-order chi connectivity index (χ0) is 14.3. The molecule has 0 saturated carbocycles. The van der Waals surface area contributed by atoms with Crippen LogP contribution < -0.4 is 4.90 Å². The van der Waals surface area contributed by atoms with Gasteiger partial charge in [-0.05, 0) is 30.7 Å². The Morgan fingerprint density at radius 3 is 2.53 bits per heavy atom. The molecule has 0 saturated heterocycles. The van der Waals surface area contributed by atoms with Gasteiger partial charge in [-0.15, -0.1) is 0 Å². The molecule has 0 spiro atoms. The van der Waals surface area contributed by atoms with E-state index in [4.69, 9.17) is 10.00 Å². The second kappa shape index (κ2) is 7.42. The van der Waals surface area contributed by atoms with E-state index >= 15 is 0 Å². The van der Waals surface area contributed by atoms with Crippen molar-refractivity contribution in [3.05, 3.63) is 29.8 Å². The number of likely N-dealkylation sites (N-methyl/N-ethyl adjacent to an activating group) is 1. The summed E-state index contributed by atoms with van der Waals surface area (Å²) in [5.41, 5.74) is 1.52. The first-order valence-electron chi connectivity index (χ1n) is 6.44. The quantitative estimate of drug-likeness (QED) is 0.738. The van der Waals surface area contributed by atoms with Gasteiger partial charge in [-0.1, -0.05) is 19.8 Å². The van der Waals surface area contributed by atoms with Gasteiger partial charge in [0.25, 0.3) is 0 Å². The summed E-state index contributed by atoms with van der Waals surface area (Å²) in [6, 6.07) is 9.00. The lowest BCUT2D eigenvalue weighted by atomic mass is 10.1. The first kappa shape index (κ1) is 15.0. The number of rotatable bonds is 6. The van der Waals surface area contributed by atoms with Crippen LogP contribution in [0.25, 0.3) is 0 Å². The van der Waals surface area contributed by atoms with Crippen LogP contribution in [0.4, 0.5) is 5.69 Å². The maximum atomic E-state index is 11.8. The number of methoxy groups -OCH3 is 1. The van der Waals surface area contributed by atoms with Gasteiger partial charge < -0.3 is 9.64 Å². The molecule has 4 heteroatoms. The predicted octanol–water partition coefficient (Wildman–Crippen LogP) is 2.73. The highest BCUT2D eigenvalue weighted by atomic mass is 16.5. The van der Waals surface area contributed by atoms with Crippen LogP contribution in [0, 0.1) is 11.3 Å². The summed E-state index contributed by atoms with van der Waals surface area (Å²) in [5, 5.41) is 8.78. The Hall–Kier alpha value is -2.02. The van der Waals surface area contributed by atoms with E-state index in [0.29, 0.717) is 5.56 Å². The van der Waals surface area contributed by atoms with E-state index in [-0.39, 0.29) is 12.0 Å². The van der Waals surface area contributed by atoms with Crippen LogP contribution >= 0.6 is 0 Å². The summed E-state index contributed by atoms with van der Waals surface area (Å²) in [6.07, 6.45) is 2.77. The fraction of sp³-hybridized carbons (Fsp3) is 0.467. The molecular formula is C15H20N2O2. The van der Waals surface area contributed by atoms with Crippen LogP contribution in [0.5, 0.6) is 0 Å². The number of nitriles is 1. The minimum Gasteiger partial charge on any atom is -0.467 e. The molecule has 0 radical (unpaired) electrons. The van der Waals surface area contributed by atoms with Crippen LogP contribution in [0.15, 0.2) is 24.3 Å². The van der Waals surface area contributed by atoms with E-state index in [0.717, 1.165) is 24.9 Å². The van der Waals surface area contributed by atoms with Crippen molar-refractivity contribution in [1.29, 1.82) is 5.26 Å². The van der Waals surface area contributed by atoms with Crippen molar-refractivity contribution in [2.24, 2.45) is 0 Å². The number of unbranched alkanes of at least 4 members (excludes halogenated alkanes) is 1. The highest BCUT2D eigenvalue weighted by Crippen LogP contribution is 2.19. The standard InChI is InChI=1S/C15H20N2O2/c1-4-5-6-14(15(18)19-3)17(2)13-9-7-12(11-16)8-10-13/h7-10,14H,4-6H2,1-3H3. The van der Waals surface area contributed by atoms with Gasteiger partial charge in [-0.25, -0.2) is 4.79 Å². The molecule has 0 fully saturated rings. The molecule has 1 aromatic rings. The first-order valence-corrected chi connectivity index (χ1v) is 6.44. The summed E-state index contributed by atoms with van der Waals surface area (Å²) < 4.78 is 4.86. The molecule has 0 N–H and O–H groups in total. The number of benzene rings is 1. The summed E-state index contributed by atoms with van der Waals surface area (Å²) in [5.74, 6) is -0.222. The van der Waals surface area contributed by atoms with Crippen molar-refractivity contribution in [1.82, 2.24) is 0 Å². The Morgan fingerprint density at radius 1 is 1.42 bits per heavy atom. The lowest BCUT2D eigenvalue weighted by Gasteiger charge is -2.28. The number of hydrogen-bond acceptors (Lipinski definition) is 4. The van der Waals surface area contributed by atoms with Gasteiger partial charge in [-0.3, -0.25) is 0 Å². The third kappa shape index (κ3) is 3.99. The average Bonchev–Trinajstić information content (AvgIpc) is 2.47. The maximum Gasteiger partial charge on any atom is 0.328 e. The molecule has 0 heterocycles. The Labute approximate surface area is 114 Å². The molecular weight excluding hydrogens is 240 g/mol. The third-order valence-corrected chi connectivity index (χ3v) is 3.18. The van der Waals surface area contributed by atoms with Gasteiger partial charge in [0.05, 0.1) is 18.7 Å². The zero-order valence-electron chi connectivity index (χ0n) is 11.7. The van der Waals surface area contributed by atoms with Gasteiger partial charge in [0.1, 0.15) is 6.04 Å². The molecule has 0 aromatic heterocycles. The van der Waals surface area contributed by atoms with E-state index in [2.05, 4.69) is 13.0 Å². The van der Waals surface area contributed by atoms with Gasteiger partial charge in [-0.2, -0.15) is 5.26 Å². The van der Waals surface area contributed by atoms with Crippen LogP contribution in [0.2, 0.25) is 0 Å². The van der Waals surface area contributed by atoms with E-state index < -0.39 is 0 Å². The molecule has 0 aliphatic rings. The number of carbonyl (C=O) groups excluding carboxylic acids is 1. The summed E-state index contributed by atoms with van der Waals surface area (Å²) in [6.45, 7) is 2.09. The van der Waals surface area contributed by atoms with E-state index in [1.54, 1.807) is 12.1 Å². The largest absolute Gasteiger partial charge is 0.467 e. The van der Waals surface area contributed by atoms with Crippen LogP contribution in [0.3, 0.4) is 0 Å². The fourth-order valence-corrected chi connectivity index (χ4v) is 1.95. The number of esters is 1. The summed E-state index contributed by atoms with van der Waals surface area (Å²) in [7, 11) is 3.28. The lowest BCUT2D eigenvalue weighted by Crippen LogP contribution is -2.39. The molecule has 102 valence electrons. The first-order chi connectivity index (χ1) is 9.13. The molecule has 1 aromatic carbocycles. The minimum absolute atomic E-state index is 0.222. The highest BCUT2D eigenvalue weighted by Gasteiger charge is 2.23. The van der Waals surface area contributed by atoms with Gasteiger partial charge in [0.2, 0.25) is 0 Å². The SMILES string of the molecule is CCCCC(C(=O)OC)N(C)c1ccc(C#N)cc1. The molecule has 0 bridgehead atoms. The Balaban J connectivity index is 2.87. The summed E-state index contributed by atoms with van der Waals surface area (Å²) >= 11 is 0. The normalized spacial score (nSPS) is 11.5. The van der Waals surface area contributed by atoms with Gasteiger partial charge in [0.15, 0.2) is 0 Å². The zero-order valence-corrected chi connectivity index (χ0v) is 11.7. The second-order valence-corrected chi connectivity index (χ2v) is 4.45. The topological polar surface area (TPSA) is 53.3 Å². The highest BCUT2D eigenvalue weighted by molar-refractivity contribution is 5.79. The van der Waals surface area contributed by atoms with E-state index in [9.17, 15) is 4.79 Å². The average molecular weight is 260 g/mol. The van der Waals surface area contributed by atoms with Crippen LogP contribution in [-0.2, 0) is 9.53 Å². The monoisotopic (exact) mass is 260 g/mol. The molecule has 19 heavy (non-hydrogen) atoms. The molecule has 0 amide bonds. The number of nitrogens with zero attached hydrogens (tertiary/aromatic N) is 2. The molecule has 0 aliphatic heterocycles. The predicted molar refractivity (Wildman–Crippen MR) is 74.9 cm³/mol. The minimum atomic E-state index is -0.280. The smallest absolute Gasteiger partial charge is 0.328 e. The Bertz CT molecular complexity index is 448. The van der Waals surface area contributed by atoms with Crippen molar-refractivity contribution in [3.63, 3.8) is 0 Å².